The summed E-state index contributed by atoms with van der Waals surface area (Å²) in [4.78, 5) is 37.0. The summed E-state index contributed by atoms with van der Waals surface area (Å²) in [5.41, 5.74) is 1.12. The zero-order valence-corrected chi connectivity index (χ0v) is 15.2. The van der Waals surface area contributed by atoms with E-state index in [1.54, 1.807) is 24.3 Å². The minimum atomic E-state index is -1.08. The number of halogens is 1. The second kappa shape index (κ2) is 6.76. The molecular formula is C19H14BrNO5. The molecule has 6 nitrogen and oxygen atoms in total. The average molecular weight is 416 g/mol. The molecule has 0 radical (unpaired) electrons. The number of aliphatic hydroxyl groups is 1. The molecule has 1 aliphatic rings. The van der Waals surface area contributed by atoms with Crippen LogP contribution in [0.1, 0.15) is 28.9 Å². The van der Waals surface area contributed by atoms with Crippen molar-refractivity contribution in [3.63, 3.8) is 0 Å². The summed E-state index contributed by atoms with van der Waals surface area (Å²) in [5.74, 6) is -2.79. The highest BCUT2D eigenvalue weighted by molar-refractivity contribution is 9.10. The van der Waals surface area contributed by atoms with Crippen molar-refractivity contribution in [2.45, 2.75) is 13.0 Å². The number of ketones is 1. The van der Waals surface area contributed by atoms with Crippen molar-refractivity contribution in [2.24, 2.45) is 0 Å². The van der Waals surface area contributed by atoms with Crippen LogP contribution in [0.15, 0.2) is 64.3 Å². The summed E-state index contributed by atoms with van der Waals surface area (Å²) in [6.45, 7) is 1.29. The Bertz CT molecular complexity index is 931. The lowest BCUT2D eigenvalue weighted by Gasteiger charge is -2.26. The predicted molar refractivity (Wildman–Crippen MR) is 98.1 cm³/mol. The first-order valence-electron chi connectivity index (χ1n) is 7.67. The second-order valence-electron chi connectivity index (χ2n) is 5.80. The summed E-state index contributed by atoms with van der Waals surface area (Å²) < 4.78 is 0.834. The second-order valence-corrected chi connectivity index (χ2v) is 6.72. The van der Waals surface area contributed by atoms with Gasteiger partial charge in [0.25, 0.3) is 5.91 Å². The minimum Gasteiger partial charge on any atom is -0.503 e. The summed E-state index contributed by atoms with van der Waals surface area (Å²) in [5, 5.41) is 19.3. The maximum atomic E-state index is 12.6. The fraction of sp³-hybridized carbons (Fsp3) is 0.105. The van der Waals surface area contributed by atoms with E-state index >= 15 is 0 Å². The van der Waals surface area contributed by atoms with Gasteiger partial charge in [0.2, 0.25) is 0 Å². The molecule has 1 atom stereocenters. The lowest BCUT2D eigenvalue weighted by atomic mass is 9.96. The van der Waals surface area contributed by atoms with E-state index in [-0.39, 0.29) is 11.1 Å². The molecule has 0 saturated carbocycles. The average Bonchev–Trinajstić information content (AvgIpc) is 2.87. The van der Waals surface area contributed by atoms with Crippen LogP contribution in [0.25, 0.3) is 0 Å². The van der Waals surface area contributed by atoms with Crippen LogP contribution >= 0.6 is 15.9 Å². The Balaban J connectivity index is 2.13. The van der Waals surface area contributed by atoms with Crippen LogP contribution in [0.2, 0.25) is 0 Å². The highest BCUT2D eigenvalue weighted by Crippen LogP contribution is 2.41. The van der Waals surface area contributed by atoms with Gasteiger partial charge in [0.05, 0.1) is 17.2 Å². The number of hydrogen-bond donors (Lipinski definition) is 2. The first-order valence-corrected chi connectivity index (χ1v) is 8.47. The zero-order valence-electron chi connectivity index (χ0n) is 13.6. The standard InChI is InChI=1S/C19H14BrNO5/c1-10(22)15-16(11-2-6-13(20)7-3-11)21(18(24)17(15)23)14-8-4-12(5-9-14)19(25)26/h2-9,16,23H,1H3,(H,25,26)/t16-/m1/s1. The van der Waals surface area contributed by atoms with Gasteiger partial charge in [0.15, 0.2) is 11.5 Å². The Morgan fingerprint density at radius 1 is 1.04 bits per heavy atom. The van der Waals surface area contributed by atoms with E-state index in [0.29, 0.717) is 11.3 Å². The molecule has 1 heterocycles. The number of amides is 1. The van der Waals surface area contributed by atoms with Crippen molar-refractivity contribution >= 4 is 39.3 Å². The van der Waals surface area contributed by atoms with Crippen molar-refractivity contribution in [3.8, 4) is 0 Å². The van der Waals surface area contributed by atoms with Gasteiger partial charge in [-0.1, -0.05) is 28.1 Å². The molecule has 0 spiro atoms. The molecule has 0 aromatic heterocycles. The SMILES string of the molecule is CC(=O)C1=C(O)C(=O)N(c2ccc(C(=O)O)cc2)[C@@H]1c1ccc(Br)cc1. The summed E-state index contributed by atoms with van der Waals surface area (Å²) >= 11 is 3.34. The van der Waals surface area contributed by atoms with Crippen LogP contribution in [0.4, 0.5) is 5.69 Å². The van der Waals surface area contributed by atoms with Gasteiger partial charge in [0, 0.05) is 10.2 Å². The summed E-state index contributed by atoms with van der Waals surface area (Å²) in [6.07, 6.45) is 0. The van der Waals surface area contributed by atoms with Gasteiger partial charge >= 0.3 is 5.97 Å². The topological polar surface area (TPSA) is 94.9 Å². The number of aliphatic hydroxyl groups excluding tert-OH is 1. The number of carboxylic acid groups (broad SMARTS) is 1. The van der Waals surface area contributed by atoms with Crippen molar-refractivity contribution in [1.29, 1.82) is 0 Å². The van der Waals surface area contributed by atoms with E-state index in [1.165, 1.54) is 36.1 Å². The van der Waals surface area contributed by atoms with Gasteiger partial charge in [-0.2, -0.15) is 0 Å². The van der Waals surface area contributed by atoms with Crippen LogP contribution in [-0.4, -0.2) is 27.9 Å². The smallest absolute Gasteiger partial charge is 0.335 e. The third-order valence-corrected chi connectivity index (χ3v) is 4.69. The lowest BCUT2D eigenvalue weighted by Crippen LogP contribution is -2.30. The molecule has 2 N–H and O–H groups in total. The van der Waals surface area contributed by atoms with Crippen molar-refractivity contribution in [3.05, 3.63) is 75.5 Å². The molecule has 7 heteroatoms. The van der Waals surface area contributed by atoms with E-state index in [0.717, 1.165) is 4.47 Å². The molecule has 2 aromatic carbocycles. The molecule has 0 bridgehead atoms. The Hall–Kier alpha value is -2.93. The number of hydrogen-bond acceptors (Lipinski definition) is 4. The van der Waals surface area contributed by atoms with E-state index in [4.69, 9.17) is 5.11 Å². The summed E-state index contributed by atoms with van der Waals surface area (Å²) in [6, 6.07) is 12.0. The van der Waals surface area contributed by atoms with Gasteiger partial charge in [0.1, 0.15) is 0 Å². The summed E-state index contributed by atoms with van der Waals surface area (Å²) in [7, 11) is 0. The molecule has 2 aromatic rings. The number of carboxylic acids is 1. The first kappa shape index (κ1) is 17.9. The fourth-order valence-electron chi connectivity index (χ4n) is 2.96. The van der Waals surface area contributed by atoms with E-state index < -0.39 is 29.5 Å². The van der Waals surface area contributed by atoms with Gasteiger partial charge < -0.3 is 10.2 Å². The Labute approximate surface area is 157 Å². The number of nitrogens with zero attached hydrogens (tertiary/aromatic N) is 1. The number of anilines is 1. The quantitative estimate of drug-likeness (QED) is 0.794. The Kier molecular flexibility index (Phi) is 4.65. The predicted octanol–water partition coefficient (Wildman–Crippen LogP) is 3.64. The third kappa shape index (κ3) is 3.01. The minimum absolute atomic E-state index is 0.0135. The van der Waals surface area contributed by atoms with Crippen LogP contribution in [0.5, 0.6) is 0 Å². The van der Waals surface area contributed by atoms with Gasteiger partial charge in [-0.3, -0.25) is 14.5 Å². The monoisotopic (exact) mass is 415 g/mol. The van der Waals surface area contributed by atoms with Crippen LogP contribution in [-0.2, 0) is 9.59 Å². The first-order chi connectivity index (χ1) is 12.3. The van der Waals surface area contributed by atoms with Crippen molar-refractivity contribution in [2.75, 3.05) is 4.90 Å². The zero-order chi connectivity index (χ0) is 19.0. The van der Waals surface area contributed by atoms with Gasteiger partial charge in [-0.15, -0.1) is 0 Å². The van der Waals surface area contributed by atoms with Gasteiger partial charge in [-0.05, 0) is 48.9 Å². The van der Waals surface area contributed by atoms with E-state index in [9.17, 15) is 19.5 Å². The maximum Gasteiger partial charge on any atom is 0.335 e. The molecule has 1 aliphatic heterocycles. The molecule has 0 unspecified atom stereocenters. The molecule has 132 valence electrons. The highest BCUT2D eigenvalue weighted by Gasteiger charge is 2.43. The molecule has 0 fully saturated rings. The van der Waals surface area contributed by atoms with Crippen molar-refractivity contribution < 1.29 is 24.6 Å². The van der Waals surface area contributed by atoms with Crippen molar-refractivity contribution in [1.82, 2.24) is 0 Å². The Morgan fingerprint density at radius 2 is 1.62 bits per heavy atom. The third-order valence-electron chi connectivity index (χ3n) is 4.17. The van der Waals surface area contributed by atoms with E-state index in [2.05, 4.69) is 15.9 Å². The molecule has 1 amide bonds. The molecular weight excluding hydrogens is 402 g/mol. The largest absolute Gasteiger partial charge is 0.503 e. The number of Topliss-reactive ketones (excluding diaryl/α,β-unsaturated/α-hetero) is 1. The highest BCUT2D eigenvalue weighted by atomic mass is 79.9. The van der Waals surface area contributed by atoms with E-state index in [1.807, 2.05) is 0 Å². The number of carbonyl (C=O) groups is 3. The van der Waals surface area contributed by atoms with Crippen LogP contribution in [0, 0.1) is 0 Å². The Morgan fingerprint density at radius 3 is 2.12 bits per heavy atom. The molecule has 3 rings (SSSR count). The molecule has 26 heavy (non-hydrogen) atoms. The normalized spacial score (nSPS) is 16.9. The van der Waals surface area contributed by atoms with Crippen LogP contribution < -0.4 is 4.90 Å². The number of rotatable bonds is 4. The molecule has 0 saturated heterocycles. The lowest BCUT2D eigenvalue weighted by molar-refractivity contribution is -0.117. The van der Waals surface area contributed by atoms with Crippen LogP contribution in [0.3, 0.4) is 0 Å². The van der Waals surface area contributed by atoms with Gasteiger partial charge in [-0.25, -0.2) is 4.79 Å². The fourth-order valence-corrected chi connectivity index (χ4v) is 3.22. The molecule has 0 aliphatic carbocycles. The maximum absolute atomic E-state index is 12.6. The number of carbonyl (C=O) groups excluding carboxylic acids is 2. The number of aromatic carboxylic acids is 1. The number of benzene rings is 2.